The van der Waals surface area contributed by atoms with E-state index in [1.807, 2.05) is 0 Å². The zero-order valence-electron chi connectivity index (χ0n) is 7.51. The number of hydrogen-bond donors (Lipinski definition) is 3. The number of hydrogen-bond acceptors (Lipinski definition) is 3. The zero-order chi connectivity index (χ0) is 9.73. The molecule has 0 aromatic carbocycles. The average Bonchev–Trinajstić information content (AvgIpc) is 2.04. The van der Waals surface area contributed by atoms with Gasteiger partial charge in [-0.1, -0.05) is 6.42 Å². The molecule has 0 amide bonds. The summed E-state index contributed by atoms with van der Waals surface area (Å²) in [7, 11) is 0. The average molecular weight is 185 g/mol. The van der Waals surface area contributed by atoms with E-state index < -0.39 is 5.72 Å². The van der Waals surface area contributed by atoms with Gasteiger partial charge < -0.3 is 15.8 Å². The van der Waals surface area contributed by atoms with Crippen molar-refractivity contribution < 1.29 is 9.53 Å². The lowest BCUT2D eigenvalue weighted by Crippen LogP contribution is -2.53. The van der Waals surface area contributed by atoms with Gasteiger partial charge in [0.05, 0.1) is 0 Å². The maximum absolute atomic E-state index is 10.3. The highest BCUT2D eigenvalue weighted by Gasteiger charge is 2.33. The predicted octanol–water partition coefficient (Wildman–Crippen LogP) is 0.303. The summed E-state index contributed by atoms with van der Waals surface area (Å²) in [6.45, 7) is 0.418. The van der Waals surface area contributed by atoms with Gasteiger partial charge >= 0.3 is 0 Å². The Labute approximate surface area is 77.1 Å². The summed E-state index contributed by atoms with van der Waals surface area (Å²) in [6.07, 6.45) is 4.59. The quantitative estimate of drug-likeness (QED) is 0.255. The molecule has 5 nitrogen and oxygen atoms in total. The molecule has 74 valence electrons. The monoisotopic (exact) mass is 185 g/mol. The van der Waals surface area contributed by atoms with Crippen molar-refractivity contribution in [1.82, 2.24) is 5.32 Å². The summed E-state index contributed by atoms with van der Waals surface area (Å²) in [4.78, 5) is 10.3. The third-order valence-corrected chi connectivity index (χ3v) is 2.30. The minimum atomic E-state index is -0.716. The Kier molecular flexibility index (Phi) is 3.11. The third kappa shape index (κ3) is 2.61. The number of carbonyl (C=O) groups is 1. The molecule has 0 aromatic heterocycles. The Hall–Kier alpha value is -1.26. The van der Waals surface area contributed by atoms with Crippen LogP contribution < -0.4 is 11.1 Å². The van der Waals surface area contributed by atoms with Crippen molar-refractivity contribution in [3.05, 3.63) is 0 Å². The van der Waals surface area contributed by atoms with Gasteiger partial charge in [-0.3, -0.25) is 10.2 Å². The molecule has 0 atom stereocenters. The van der Waals surface area contributed by atoms with Gasteiger partial charge in [-0.2, -0.15) is 0 Å². The van der Waals surface area contributed by atoms with Crippen molar-refractivity contribution in [2.24, 2.45) is 5.73 Å². The van der Waals surface area contributed by atoms with Gasteiger partial charge in [0.2, 0.25) is 0 Å². The van der Waals surface area contributed by atoms with Gasteiger partial charge in [0, 0.05) is 12.8 Å². The van der Waals surface area contributed by atoms with E-state index in [-0.39, 0.29) is 5.96 Å². The summed E-state index contributed by atoms with van der Waals surface area (Å²) in [5.41, 5.74) is 4.50. The van der Waals surface area contributed by atoms with Crippen molar-refractivity contribution >= 4 is 12.4 Å². The number of guanidine groups is 1. The van der Waals surface area contributed by atoms with E-state index in [4.69, 9.17) is 15.9 Å². The normalized spacial score (nSPS) is 20.3. The fourth-order valence-corrected chi connectivity index (χ4v) is 1.73. The van der Waals surface area contributed by atoms with Crippen molar-refractivity contribution in [1.29, 1.82) is 5.41 Å². The maximum Gasteiger partial charge on any atom is 0.295 e. The van der Waals surface area contributed by atoms with Crippen LogP contribution in [0.25, 0.3) is 0 Å². The van der Waals surface area contributed by atoms with Gasteiger partial charge in [0.1, 0.15) is 0 Å². The highest BCUT2D eigenvalue weighted by atomic mass is 16.6. The Morgan fingerprint density at radius 2 is 2.08 bits per heavy atom. The standard InChI is InChI=1S/C8H15N3O2/c9-7(10)11-8(13-6-12)4-2-1-3-5-8/h6H,1-5H2,(H4,9,10,11). The lowest BCUT2D eigenvalue weighted by Gasteiger charge is -2.35. The van der Waals surface area contributed by atoms with E-state index in [0.717, 1.165) is 32.1 Å². The zero-order valence-corrected chi connectivity index (χ0v) is 7.51. The van der Waals surface area contributed by atoms with Crippen molar-refractivity contribution in [3.63, 3.8) is 0 Å². The maximum atomic E-state index is 10.3. The smallest absolute Gasteiger partial charge is 0.295 e. The van der Waals surface area contributed by atoms with Crippen LogP contribution in [-0.2, 0) is 9.53 Å². The molecule has 0 radical (unpaired) electrons. The van der Waals surface area contributed by atoms with Crippen LogP contribution in [0.2, 0.25) is 0 Å². The molecule has 1 aliphatic carbocycles. The molecule has 13 heavy (non-hydrogen) atoms. The van der Waals surface area contributed by atoms with Gasteiger partial charge in [-0.15, -0.1) is 0 Å². The lowest BCUT2D eigenvalue weighted by molar-refractivity contribution is -0.149. The summed E-state index contributed by atoms with van der Waals surface area (Å²) >= 11 is 0. The Balaban J connectivity index is 2.60. The molecule has 0 heterocycles. The van der Waals surface area contributed by atoms with Gasteiger partial charge in [0.25, 0.3) is 6.47 Å². The molecule has 0 bridgehead atoms. The third-order valence-electron chi connectivity index (χ3n) is 2.30. The van der Waals surface area contributed by atoms with Crippen LogP contribution in [0.4, 0.5) is 0 Å². The number of nitrogens with one attached hydrogen (secondary N) is 2. The van der Waals surface area contributed by atoms with E-state index in [1.165, 1.54) is 0 Å². The Bertz CT molecular complexity index is 200. The van der Waals surface area contributed by atoms with Gasteiger partial charge in [-0.05, 0) is 12.8 Å². The van der Waals surface area contributed by atoms with Crippen LogP contribution >= 0.6 is 0 Å². The molecule has 1 rings (SSSR count). The number of rotatable bonds is 3. The summed E-state index contributed by atoms with van der Waals surface area (Å²) < 4.78 is 4.97. The van der Waals surface area contributed by atoms with E-state index in [1.54, 1.807) is 0 Å². The molecule has 1 saturated carbocycles. The first kappa shape index (κ1) is 9.83. The first-order valence-electron chi connectivity index (χ1n) is 4.42. The summed E-state index contributed by atoms with van der Waals surface area (Å²) in [5.74, 6) is -0.149. The SMILES string of the molecule is N=C(N)NC1(OC=O)CCCCC1. The van der Waals surface area contributed by atoms with Crippen LogP contribution in [0.3, 0.4) is 0 Å². The number of nitrogens with two attached hydrogens (primary N) is 1. The highest BCUT2D eigenvalue weighted by molar-refractivity contribution is 5.75. The lowest BCUT2D eigenvalue weighted by atomic mass is 9.91. The highest BCUT2D eigenvalue weighted by Crippen LogP contribution is 2.28. The molecular weight excluding hydrogens is 170 g/mol. The van der Waals surface area contributed by atoms with Crippen LogP contribution in [0.15, 0.2) is 0 Å². The first-order valence-corrected chi connectivity index (χ1v) is 4.42. The fourth-order valence-electron chi connectivity index (χ4n) is 1.73. The minimum Gasteiger partial charge on any atom is -0.441 e. The predicted molar refractivity (Wildman–Crippen MR) is 48.0 cm³/mol. The second-order valence-corrected chi connectivity index (χ2v) is 3.31. The Morgan fingerprint density at radius 3 is 2.54 bits per heavy atom. The van der Waals surface area contributed by atoms with Crippen LogP contribution in [0.1, 0.15) is 32.1 Å². The second kappa shape index (κ2) is 4.11. The van der Waals surface area contributed by atoms with E-state index >= 15 is 0 Å². The molecule has 0 aliphatic heterocycles. The molecule has 1 aliphatic rings. The van der Waals surface area contributed by atoms with Crippen molar-refractivity contribution in [3.8, 4) is 0 Å². The van der Waals surface area contributed by atoms with Gasteiger partial charge in [-0.25, -0.2) is 0 Å². The fraction of sp³-hybridized carbons (Fsp3) is 0.750. The molecule has 1 fully saturated rings. The molecule has 0 aromatic rings. The number of carbonyl (C=O) groups excluding carboxylic acids is 1. The first-order chi connectivity index (χ1) is 6.18. The summed E-state index contributed by atoms with van der Waals surface area (Å²) in [5, 5.41) is 9.81. The van der Waals surface area contributed by atoms with E-state index in [0.29, 0.717) is 6.47 Å². The number of ether oxygens (including phenoxy) is 1. The Morgan fingerprint density at radius 1 is 1.46 bits per heavy atom. The molecule has 4 N–H and O–H groups in total. The van der Waals surface area contributed by atoms with E-state index in [2.05, 4.69) is 5.32 Å². The van der Waals surface area contributed by atoms with Crippen LogP contribution in [0.5, 0.6) is 0 Å². The minimum absolute atomic E-state index is 0.149. The van der Waals surface area contributed by atoms with Crippen molar-refractivity contribution in [2.45, 2.75) is 37.8 Å². The molecule has 5 heteroatoms. The second-order valence-electron chi connectivity index (χ2n) is 3.31. The van der Waals surface area contributed by atoms with Crippen LogP contribution in [-0.4, -0.2) is 18.2 Å². The molecule has 0 spiro atoms. The molecular formula is C8H15N3O2. The van der Waals surface area contributed by atoms with Gasteiger partial charge in [0.15, 0.2) is 11.7 Å². The van der Waals surface area contributed by atoms with Crippen LogP contribution in [0, 0.1) is 5.41 Å². The summed E-state index contributed by atoms with van der Waals surface area (Å²) in [6, 6.07) is 0. The van der Waals surface area contributed by atoms with Crippen molar-refractivity contribution in [2.75, 3.05) is 0 Å². The topological polar surface area (TPSA) is 88.2 Å². The molecule has 0 saturated heterocycles. The largest absolute Gasteiger partial charge is 0.441 e. The molecule has 0 unspecified atom stereocenters. The van der Waals surface area contributed by atoms with E-state index in [9.17, 15) is 4.79 Å².